The highest BCUT2D eigenvalue weighted by atomic mass is 35.5. The van der Waals surface area contributed by atoms with Crippen LogP contribution in [0.15, 0.2) is 60.7 Å². The molecule has 3 aromatic rings. The number of ether oxygens (including phenoxy) is 1. The Morgan fingerprint density at radius 1 is 0.966 bits per heavy atom. The van der Waals surface area contributed by atoms with Gasteiger partial charge in [0.1, 0.15) is 5.75 Å². The van der Waals surface area contributed by atoms with Crippen molar-refractivity contribution in [2.75, 3.05) is 39.8 Å². The van der Waals surface area contributed by atoms with Crippen LogP contribution in [0.1, 0.15) is 0 Å². The summed E-state index contributed by atoms with van der Waals surface area (Å²) in [6, 6.07) is 19.8. The van der Waals surface area contributed by atoms with Crippen LogP contribution in [0, 0.1) is 0 Å². The third-order valence-corrected chi connectivity index (χ3v) is 4.95. The molecule has 0 bridgehead atoms. The Kier molecular flexibility index (Phi) is 8.26. The first-order valence-corrected chi connectivity index (χ1v) is 9.25. The van der Waals surface area contributed by atoms with Gasteiger partial charge in [-0.15, -0.1) is 24.8 Å². The van der Waals surface area contributed by atoms with Crippen LogP contribution >= 0.6 is 24.8 Å². The molecule has 4 rings (SSSR count). The number of pyridine rings is 1. The van der Waals surface area contributed by atoms with E-state index in [-0.39, 0.29) is 37.3 Å². The summed E-state index contributed by atoms with van der Waals surface area (Å²) in [6.45, 7) is 3.37. The molecular weight excluding hydrogens is 409 g/mol. The first kappa shape index (κ1) is 22.9. The molecule has 0 saturated carbocycles. The van der Waals surface area contributed by atoms with Gasteiger partial charge in [0, 0.05) is 43.2 Å². The third-order valence-electron chi connectivity index (χ3n) is 4.95. The SMILES string of the molecule is CN1CCN(C(=O)COc2cc(-c3ccccc3)nc3ccccc23)CC1.Cl.Cl. The Balaban J connectivity index is 0.00000150. The second kappa shape index (κ2) is 10.4. The summed E-state index contributed by atoms with van der Waals surface area (Å²) in [5.41, 5.74) is 2.73. The van der Waals surface area contributed by atoms with Crippen molar-refractivity contribution < 1.29 is 9.53 Å². The second-order valence-corrected chi connectivity index (χ2v) is 6.86. The van der Waals surface area contributed by atoms with Crippen LogP contribution in [-0.4, -0.2) is 60.5 Å². The van der Waals surface area contributed by atoms with Gasteiger partial charge in [0.05, 0.1) is 11.2 Å². The van der Waals surface area contributed by atoms with E-state index in [4.69, 9.17) is 9.72 Å². The quantitative estimate of drug-likeness (QED) is 0.625. The van der Waals surface area contributed by atoms with Crippen LogP contribution in [0.2, 0.25) is 0 Å². The molecule has 1 aromatic heterocycles. The van der Waals surface area contributed by atoms with Crippen LogP contribution in [0.25, 0.3) is 22.2 Å². The zero-order valence-electron chi connectivity index (χ0n) is 16.3. The van der Waals surface area contributed by atoms with E-state index in [0.29, 0.717) is 5.75 Å². The lowest BCUT2D eigenvalue weighted by molar-refractivity contribution is -0.134. The number of hydrogen-bond acceptors (Lipinski definition) is 4. The Hall–Kier alpha value is -2.34. The predicted octanol–water partition coefficient (Wildman–Crippen LogP) is 3.90. The Morgan fingerprint density at radius 3 is 2.34 bits per heavy atom. The number of benzene rings is 2. The van der Waals surface area contributed by atoms with E-state index in [9.17, 15) is 4.79 Å². The third kappa shape index (κ3) is 5.38. The standard InChI is InChI=1S/C22H23N3O2.2ClH/c1-24-11-13-25(14-12-24)22(26)16-27-21-15-20(17-7-3-2-4-8-17)23-19-10-6-5-9-18(19)21;;/h2-10,15H,11-14,16H2,1H3;2*1H. The predicted molar refractivity (Wildman–Crippen MR) is 121 cm³/mol. The number of halogens is 2. The largest absolute Gasteiger partial charge is 0.483 e. The summed E-state index contributed by atoms with van der Waals surface area (Å²) in [5.74, 6) is 0.729. The monoisotopic (exact) mass is 433 g/mol. The van der Waals surface area contributed by atoms with Crippen molar-refractivity contribution in [1.29, 1.82) is 0 Å². The number of amides is 1. The number of piperazine rings is 1. The summed E-state index contributed by atoms with van der Waals surface area (Å²) in [5, 5.41) is 0.920. The summed E-state index contributed by atoms with van der Waals surface area (Å²) in [6.07, 6.45) is 0. The number of nitrogens with zero attached hydrogens (tertiary/aromatic N) is 3. The van der Waals surface area contributed by atoms with Crippen LogP contribution in [0.3, 0.4) is 0 Å². The molecule has 1 aliphatic heterocycles. The van der Waals surface area contributed by atoms with Crippen molar-refractivity contribution in [3.8, 4) is 17.0 Å². The van der Waals surface area contributed by atoms with Crippen molar-refractivity contribution in [2.45, 2.75) is 0 Å². The number of para-hydroxylation sites is 1. The Labute approximate surface area is 183 Å². The molecule has 29 heavy (non-hydrogen) atoms. The maximum absolute atomic E-state index is 12.5. The van der Waals surface area contributed by atoms with Crippen molar-refractivity contribution in [3.05, 3.63) is 60.7 Å². The maximum atomic E-state index is 12.5. The first-order valence-electron chi connectivity index (χ1n) is 9.25. The summed E-state index contributed by atoms with van der Waals surface area (Å²) in [4.78, 5) is 21.4. The van der Waals surface area contributed by atoms with Crippen molar-refractivity contribution in [1.82, 2.24) is 14.8 Å². The lowest BCUT2D eigenvalue weighted by Crippen LogP contribution is -2.48. The van der Waals surface area contributed by atoms with Gasteiger partial charge in [0.2, 0.25) is 0 Å². The van der Waals surface area contributed by atoms with Crippen LogP contribution < -0.4 is 4.74 Å². The van der Waals surface area contributed by atoms with Gasteiger partial charge in [0.25, 0.3) is 5.91 Å². The van der Waals surface area contributed by atoms with Gasteiger partial charge in [-0.3, -0.25) is 4.79 Å². The number of fused-ring (bicyclic) bond motifs is 1. The zero-order chi connectivity index (χ0) is 18.6. The van der Waals surface area contributed by atoms with Gasteiger partial charge in [-0.25, -0.2) is 4.98 Å². The van der Waals surface area contributed by atoms with Gasteiger partial charge in [0.15, 0.2) is 6.61 Å². The van der Waals surface area contributed by atoms with Gasteiger partial charge >= 0.3 is 0 Å². The number of carbonyl (C=O) groups is 1. The Bertz CT molecular complexity index is 945. The van der Waals surface area contributed by atoms with Crippen molar-refractivity contribution in [3.63, 3.8) is 0 Å². The molecule has 1 saturated heterocycles. The van der Waals surface area contributed by atoms with Crippen molar-refractivity contribution >= 4 is 41.6 Å². The van der Waals surface area contributed by atoms with Gasteiger partial charge in [-0.2, -0.15) is 0 Å². The highest BCUT2D eigenvalue weighted by Crippen LogP contribution is 2.30. The molecule has 0 N–H and O–H groups in total. The summed E-state index contributed by atoms with van der Waals surface area (Å²) < 4.78 is 5.98. The first-order chi connectivity index (χ1) is 13.2. The van der Waals surface area contributed by atoms with E-state index in [0.717, 1.165) is 48.3 Å². The molecule has 0 unspecified atom stereocenters. The molecule has 0 atom stereocenters. The molecule has 2 aromatic carbocycles. The zero-order valence-corrected chi connectivity index (χ0v) is 17.9. The van der Waals surface area contributed by atoms with E-state index in [2.05, 4.69) is 11.9 Å². The lowest BCUT2D eigenvalue weighted by Gasteiger charge is -2.32. The Morgan fingerprint density at radius 2 is 1.62 bits per heavy atom. The molecular formula is C22H25Cl2N3O2. The molecule has 0 radical (unpaired) electrons. The average molecular weight is 434 g/mol. The molecule has 0 spiro atoms. The van der Waals surface area contributed by atoms with Gasteiger partial charge in [-0.1, -0.05) is 42.5 Å². The van der Waals surface area contributed by atoms with Crippen LogP contribution in [0.5, 0.6) is 5.75 Å². The summed E-state index contributed by atoms with van der Waals surface area (Å²) >= 11 is 0. The summed E-state index contributed by atoms with van der Waals surface area (Å²) in [7, 11) is 2.08. The van der Waals surface area contributed by atoms with Gasteiger partial charge in [-0.05, 0) is 19.2 Å². The molecule has 2 heterocycles. The normalized spacial score (nSPS) is 14.0. The highest BCUT2D eigenvalue weighted by molar-refractivity contribution is 5.88. The molecule has 1 amide bonds. The van der Waals surface area contributed by atoms with E-state index < -0.39 is 0 Å². The van der Waals surface area contributed by atoms with Crippen molar-refractivity contribution in [2.24, 2.45) is 0 Å². The van der Waals surface area contributed by atoms with E-state index in [1.165, 1.54) is 0 Å². The van der Waals surface area contributed by atoms with E-state index >= 15 is 0 Å². The molecule has 0 aliphatic carbocycles. The van der Waals surface area contributed by atoms with E-state index in [1.54, 1.807) is 0 Å². The van der Waals surface area contributed by atoms with Crippen LogP contribution in [-0.2, 0) is 4.79 Å². The number of rotatable bonds is 4. The van der Waals surface area contributed by atoms with Crippen LogP contribution in [0.4, 0.5) is 0 Å². The number of hydrogen-bond donors (Lipinski definition) is 0. The van der Waals surface area contributed by atoms with E-state index in [1.807, 2.05) is 65.6 Å². The maximum Gasteiger partial charge on any atom is 0.260 e. The molecule has 5 nitrogen and oxygen atoms in total. The minimum absolute atomic E-state index is 0. The smallest absolute Gasteiger partial charge is 0.260 e. The fourth-order valence-corrected chi connectivity index (χ4v) is 3.31. The average Bonchev–Trinajstić information content (AvgIpc) is 2.72. The number of aromatic nitrogens is 1. The highest BCUT2D eigenvalue weighted by Gasteiger charge is 2.20. The molecule has 7 heteroatoms. The molecule has 154 valence electrons. The lowest BCUT2D eigenvalue weighted by atomic mass is 10.1. The molecule has 1 fully saturated rings. The fraction of sp³-hybridized carbons (Fsp3) is 0.273. The fourth-order valence-electron chi connectivity index (χ4n) is 3.31. The topological polar surface area (TPSA) is 45.7 Å². The van der Waals surface area contributed by atoms with Gasteiger partial charge < -0.3 is 14.5 Å². The minimum atomic E-state index is 0. The second-order valence-electron chi connectivity index (χ2n) is 6.86. The molecule has 1 aliphatic rings. The number of likely N-dealkylation sites (N-methyl/N-ethyl adjacent to an activating group) is 1. The minimum Gasteiger partial charge on any atom is -0.483 e. The number of carbonyl (C=O) groups excluding carboxylic acids is 1.